The number of aromatic nitrogens is 4. The van der Waals surface area contributed by atoms with Gasteiger partial charge in [0.25, 0.3) is 0 Å². The predicted octanol–water partition coefficient (Wildman–Crippen LogP) is 1.30. The Hall–Kier alpha value is -1.17. The van der Waals surface area contributed by atoms with Crippen LogP contribution in [0.5, 0.6) is 0 Å². The van der Waals surface area contributed by atoms with E-state index in [0.717, 1.165) is 6.04 Å². The lowest BCUT2D eigenvalue weighted by Crippen LogP contribution is -2.19. The molecule has 0 unspecified atom stereocenters. The highest BCUT2D eigenvalue weighted by Crippen LogP contribution is 2.12. The highest BCUT2D eigenvalue weighted by molar-refractivity contribution is 9.10. The first-order valence-corrected chi connectivity index (χ1v) is 4.82. The monoisotopic (exact) mass is 255 g/mol. The van der Waals surface area contributed by atoms with Crippen LogP contribution < -0.4 is 5.69 Å². The van der Waals surface area contributed by atoms with Crippen molar-refractivity contribution in [1.29, 1.82) is 0 Å². The number of imidazole rings is 1. The molecule has 5 nitrogen and oxygen atoms in total. The Bertz CT molecular complexity index is 528. The standard InChI is InChI=1S/C8H8BrN4O/c1-4(2)13-7-6(12-8(13)14)10-3-5(9)11-7/h3H,1-2H3,(H,10,12,14). The van der Waals surface area contributed by atoms with Crippen LogP contribution in [-0.4, -0.2) is 19.5 Å². The molecule has 2 aromatic rings. The molecule has 0 atom stereocenters. The lowest BCUT2D eigenvalue weighted by atomic mass is 10.4. The molecule has 2 heterocycles. The number of H-pyrrole nitrogens is 1. The summed E-state index contributed by atoms with van der Waals surface area (Å²) in [4.78, 5) is 22.3. The third-order valence-corrected chi connectivity index (χ3v) is 2.19. The van der Waals surface area contributed by atoms with Crippen LogP contribution in [0.3, 0.4) is 0 Å². The van der Waals surface area contributed by atoms with Crippen molar-refractivity contribution >= 4 is 27.2 Å². The topological polar surface area (TPSA) is 63.6 Å². The van der Waals surface area contributed by atoms with Crippen LogP contribution >= 0.6 is 15.9 Å². The molecule has 6 heteroatoms. The van der Waals surface area contributed by atoms with E-state index in [1.54, 1.807) is 6.20 Å². The molecular formula is C8H8BrN4O. The minimum absolute atomic E-state index is 0.210. The SMILES string of the molecule is C[C](C)n1c(=O)[nH]c2ncc(Br)nc21. The fourth-order valence-corrected chi connectivity index (χ4v) is 1.54. The van der Waals surface area contributed by atoms with Crippen LogP contribution in [0.15, 0.2) is 15.6 Å². The minimum atomic E-state index is -0.210. The van der Waals surface area contributed by atoms with Gasteiger partial charge in [-0.3, -0.25) is 9.55 Å². The summed E-state index contributed by atoms with van der Waals surface area (Å²) in [6.45, 7) is 3.69. The third-order valence-electron chi connectivity index (χ3n) is 1.81. The number of hydrogen-bond acceptors (Lipinski definition) is 3. The van der Waals surface area contributed by atoms with Gasteiger partial charge in [-0.15, -0.1) is 0 Å². The zero-order valence-electron chi connectivity index (χ0n) is 7.71. The van der Waals surface area contributed by atoms with Crippen LogP contribution in [0.4, 0.5) is 0 Å². The predicted molar refractivity (Wildman–Crippen MR) is 55.8 cm³/mol. The Morgan fingerprint density at radius 2 is 2.29 bits per heavy atom. The molecule has 14 heavy (non-hydrogen) atoms. The fourth-order valence-electron chi connectivity index (χ4n) is 1.27. The van der Waals surface area contributed by atoms with Crippen LogP contribution in [0.25, 0.3) is 11.3 Å². The molecule has 0 amide bonds. The molecule has 1 radical (unpaired) electrons. The van der Waals surface area contributed by atoms with Gasteiger partial charge in [-0.05, 0) is 29.8 Å². The van der Waals surface area contributed by atoms with E-state index in [9.17, 15) is 4.79 Å². The summed E-state index contributed by atoms with van der Waals surface area (Å²) >= 11 is 3.21. The number of nitrogens with one attached hydrogen (secondary N) is 1. The van der Waals surface area contributed by atoms with E-state index in [-0.39, 0.29) is 5.69 Å². The molecule has 0 fully saturated rings. The number of hydrogen-bond donors (Lipinski definition) is 1. The third kappa shape index (κ3) is 1.35. The van der Waals surface area contributed by atoms with Gasteiger partial charge in [0.1, 0.15) is 4.60 Å². The van der Waals surface area contributed by atoms with Gasteiger partial charge in [-0.2, -0.15) is 0 Å². The maximum atomic E-state index is 11.5. The second kappa shape index (κ2) is 3.20. The molecule has 0 aliphatic carbocycles. The number of rotatable bonds is 1. The van der Waals surface area contributed by atoms with Gasteiger partial charge < -0.3 is 0 Å². The lowest BCUT2D eigenvalue weighted by Gasteiger charge is -2.03. The van der Waals surface area contributed by atoms with E-state index in [1.165, 1.54) is 4.57 Å². The van der Waals surface area contributed by atoms with E-state index in [4.69, 9.17) is 0 Å². The molecule has 0 spiro atoms. The van der Waals surface area contributed by atoms with Gasteiger partial charge >= 0.3 is 5.69 Å². The summed E-state index contributed by atoms with van der Waals surface area (Å²) < 4.78 is 2.10. The summed E-state index contributed by atoms with van der Waals surface area (Å²) in [6, 6.07) is 0.855. The fraction of sp³-hybridized carbons (Fsp3) is 0.250. The van der Waals surface area contributed by atoms with Crippen molar-refractivity contribution in [3.8, 4) is 0 Å². The molecule has 2 rings (SSSR count). The summed E-state index contributed by atoms with van der Waals surface area (Å²) in [7, 11) is 0. The minimum Gasteiger partial charge on any atom is -0.289 e. The van der Waals surface area contributed by atoms with Gasteiger partial charge in [0.2, 0.25) is 0 Å². The molecule has 0 saturated carbocycles. The second-order valence-corrected chi connectivity index (χ2v) is 3.89. The maximum Gasteiger partial charge on any atom is 0.329 e. The first kappa shape index (κ1) is 9.39. The molecule has 73 valence electrons. The Morgan fingerprint density at radius 3 is 2.93 bits per heavy atom. The zero-order valence-corrected chi connectivity index (χ0v) is 9.29. The average molecular weight is 256 g/mol. The molecular weight excluding hydrogens is 248 g/mol. The highest BCUT2D eigenvalue weighted by Gasteiger charge is 2.12. The molecule has 0 aromatic carbocycles. The Kier molecular flexibility index (Phi) is 2.14. The summed E-state index contributed by atoms with van der Waals surface area (Å²) in [6.07, 6.45) is 1.55. The quantitative estimate of drug-likeness (QED) is 0.836. The maximum absolute atomic E-state index is 11.5. The Labute approximate surface area is 88.3 Å². The van der Waals surface area contributed by atoms with E-state index in [0.29, 0.717) is 15.9 Å². The van der Waals surface area contributed by atoms with E-state index in [2.05, 4.69) is 30.9 Å². The van der Waals surface area contributed by atoms with Crippen molar-refractivity contribution in [1.82, 2.24) is 19.5 Å². The number of halogens is 1. The highest BCUT2D eigenvalue weighted by atomic mass is 79.9. The Balaban J connectivity index is 2.86. The number of aromatic amines is 1. The normalized spacial score (nSPS) is 11.4. The van der Waals surface area contributed by atoms with Crippen LogP contribution in [0.1, 0.15) is 13.8 Å². The van der Waals surface area contributed by atoms with Crippen molar-refractivity contribution in [2.75, 3.05) is 0 Å². The van der Waals surface area contributed by atoms with Crippen LogP contribution in [0, 0.1) is 6.04 Å². The Morgan fingerprint density at radius 1 is 1.57 bits per heavy atom. The summed E-state index contributed by atoms with van der Waals surface area (Å²) in [5.41, 5.74) is 0.835. The molecule has 0 aliphatic rings. The first-order chi connectivity index (χ1) is 6.59. The molecule has 0 bridgehead atoms. The molecule has 2 aromatic heterocycles. The molecule has 0 aliphatic heterocycles. The van der Waals surface area contributed by atoms with Crippen molar-refractivity contribution in [3.63, 3.8) is 0 Å². The van der Waals surface area contributed by atoms with Crippen molar-refractivity contribution in [3.05, 3.63) is 27.3 Å². The van der Waals surface area contributed by atoms with Gasteiger partial charge in [0.05, 0.1) is 12.2 Å². The summed E-state index contributed by atoms with van der Waals surface area (Å²) in [5.74, 6) is 0. The van der Waals surface area contributed by atoms with Crippen LogP contribution in [-0.2, 0) is 0 Å². The van der Waals surface area contributed by atoms with Crippen molar-refractivity contribution in [2.45, 2.75) is 13.8 Å². The average Bonchev–Trinajstić information content (AvgIpc) is 2.40. The van der Waals surface area contributed by atoms with Gasteiger partial charge in [-0.25, -0.2) is 14.8 Å². The molecule has 1 N–H and O–H groups in total. The largest absolute Gasteiger partial charge is 0.329 e. The molecule has 0 saturated heterocycles. The number of fused-ring (bicyclic) bond motifs is 1. The first-order valence-electron chi connectivity index (χ1n) is 4.03. The van der Waals surface area contributed by atoms with Gasteiger partial charge in [0, 0.05) is 0 Å². The van der Waals surface area contributed by atoms with Crippen molar-refractivity contribution in [2.24, 2.45) is 0 Å². The van der Waals surface area contributed by atoms with E-state index >= 15 is 0 Å². The zero-order chi connectivity index (χ0) is 10.3. The van der Waals surface area contributed by atoms with E-state index < -0.39 is 0 Å². The lowest BCUT2D eigenvalue weighted by molar-refractivity contribution is 0.793. The summed E-state index contributed by atoms with van der Waals surface area (Å²) in [5, 5.41) is 0. The van der Waals surface area contributed by atoms with Gasteiger partial charge in [0.15, 0.2) is 11.3 Å². The number of nitrogens with zero attached hydrogens (tertiary/aromatic N) is 3. The van der Waals surface area contributed by atoms with Crippen LogP contribution in [0.2, 0.25) is 0 Å². The van der Waals surface area contributed by atoms with E-state index in [1.807, 2.05) is 13.8 Å². The van der Waals surface area contributed by atoms with Gasteiger partial charge in [-0.1, -0.05) is 0 Å². The van der Waals surface area contributed by atoms with Crippen molar-refractivity contribution < 1.29 is 0 Å². The second-order valence-electron chi connectivity index (χ2n) is 3.08. The smallest absolute Gasteiger partial charge is 0.289 e.